The maximum atomic E-state index is 14.2. The van der Waals surface area contributed by atoms with Crippen LogP contribution in [0, 0.1) is 17.8 Å². The fourth-order valence-corrected chi connectivity index (χ4v) is 9.27. The van der Waals surface area contributed by atoms with Crippen molar-refractivity contribution in [3.05, 3.63) is 30.5 Å². The zero-order chi connectivity index (χ0) is 41.8. The molecule has 3 aliphatic heterocycles. The molecule has 0 radical (unpaired) electrons. The largest absolute Gasteiger partial charge is 0.458 e. The number of cyclic esters (lactones) is 1. The molecule has 3 N–H and O–H groups in total. The van der Waals surface area contributed by atoms with Crippen molar-refractivity contribution >= 4 is 23.5 Å². The molecule has 3 fully saturated rings. The SMILES string of the molecule is CC[C@H]1OC(=O)[C@H](C)C(=O)[C@H](C)[C@@H](O[C@@H]2O[C@H](C)CC(N(C)C)C2O)[C@](C)(OC)CCC[C@H](C)[C@H]2N(CCCCn3cc(-c4cccc(N)c4)nn3)C(=O)O[C@]12C. The molecule has 1 amide bonds. The van der Waals surface area contributed by atoms with E-state index in [0.717, 1.165) is 17.7 Å². The first kappa shape index (κ1) is 44.5. The first-order valence-corrected chi connectivity index (χ1v) is 20.6. The van der Waals surface area contributed by atoms with Crippen LogP contribution in [0.2, 0.25) is 0 Å². The number of amides is 1. The summed E-state index contributed by atoms with van der Waals surface area (Å²) in [6.45, 7) is 14.0. The van der Waals surface area contributed by atoms with Crippen molar-refractivity contribution in [3.8, 4) is 11.3 Å². The quantitative estimate of drug-likeness (QED) is 0.133. The summed E-state index contributed by atoms with van der Waals surface area (Å²) in [6, 6.07) is 6.86. The second-order valence-electron chi connectivity index (χ2n) is 17.2. The summed E-state index contributed by atoms with van der Waals surface area (Å²) >= 11 is 0. The van der Waals surface area contributed by atoms with Crippen LogP contribution in [0.5, 0.6) is 0 Å². The third kappa shape index (κ3) is 9.65. The molecule has 2 aromatic rings. The van der Waals surface area contributed by atoms with Crippen LogP contribution in [0.15, 0.2) is 30.5 Å². The van der Waals surface area contributed by atoms with E-state index in [1.165, 1.54) is 0 Å². The van der Waals surface area contributed by atoms with Crippen molar-refractivity contribution in [1.29, 1.82) is 0 Å². The van der Waals surface area contributed by atoms with Gasteiger partial charge in [-0.3, -0.25) is 14.3 Å². The molecule has 5 rings (SSSR count). The van der Waals surface area contributed by atoms with Gasteiger partial charge in [-0.1, -0.05) is 44.5 Å². The first-order valence-electron chi connectivity index (χ1n) is 20.6. The minimum Gasteiger partial charge on any atom is -0.458 e. The monoisotopic (exact) mass is 798 g/mol. The molecule has 15 nitrogen and oxygen atoms in total. The van der Waals surface area contributed by atoms with Gasteiger partial charge in [0, 0.05) is 43.4 Å². The number of aliphatic hydroxyl groups excluding tert-OH is 1. The van der Waals surface area contributed by atoms with Gasteiger partial charge in [-0.05, 0) is 98.4 Å². The Kier molecular flexibility index (Phi) is 14.5. The number of aryl methyl sites for hydroxylation is 1. The fraction of sp³-hybridized carbons (Fsp3) is 0.738. The molecular formula is C42H66N6O9. The van der Waals surface area contributed by atoms with Gasteiger partial charge >= 0.3 is 12.1 Å². The Morgan fingerprint density at radius 1 is 1.09 bits per heavy atom. The maximum Gasteiger partial charge on any atom is 0.410 e. The van der Waals surface area contributed by atoms with Crippen molar-refractivity contribution < 1.29 is 43.2 Å². The third-order valence-corrected chi connectivity index (χ3v) is 12.7. The van der Waals surface area contributed by atoms with E-state index in [-0.39, 0.29) is 23.8 Å². The molecule has 3 aliphatic rings. The number of fused-ring (bicyclic) bond motifs is 1. The van der Waals surface area contributed by atoms with Crippen molar-refractivity contribution in [1.82, 2.24) is 24.8 Å². The van der Waals surface area contributed by atoms with E-state index in [9.17, 15) is 19.5 Å². The van der Waals surface area contributed by atoms with E-state index in [2.05, 4.69) is 17.2 Å². The molecule has 12 atom stereocenters. The molecule has 15 heteroatoms. The highest BCUT2D eigenvalue weighted by atomic mass is 16.7. The van der Waals surface area contributed by atoms with Gasteiger partial charge in [0.2, 0.25) is 0 Å². The van der Waals surface area contributed by atoms with Crippen molar-refractivity contribution in [2.24, 2.45) is 17.8 Å². The lowest BCUT2D eigenvalue weighted by Crippen LogP contribution is -2.59. The number of methoxy groups -OCH3 is 1. The Balaban J connectivity index is 1.37. The van der Waals surface area contributed by atoms with Gasteiger partial charge in [0.15, 0.2) is 17.7 Å². The number of anilines is 1. The molecule has 1 aromatic carbocycles. The van der Waals surface area contributed by atoms with Gasteiger partial charge < -0.3 is 44.3 Å². The number of unbranched alkanes of at least 4 members (excludes halogenated alkanes) is 1. The minimum absolute atomic E-state index is 0.0736. The van der Waals surface area contributed by atoms with E-state index in [1.54, 1.807) is 30.5 Å². The number of aromatic nitrogens is 3. The van der Waals surface area contributed by atoms with Crippen molar-refractivity contribution in [3.63, 3.8) is 0 Å². The highest BCUT2D eigenvalue weighted by Gasteiger charge is 2.58. The van der Waals surface area contributed by atoms with Crippen molar-refractivity contribution in [2.75, 3.05) is 33.5 Å². The summed E-state index contributed by atoms with van der Waals surface area (Å²) < 4.78 is 33.2. The average Bonchev–Trinajstić information content (AvgIpc) is 3.75. The van der Waals surface area contributed by atoms with E-state index >= 15 is 0 Å². The Labute approximate surface area is 337 Å². The molecule has 57 heavy (non-hydrogen) atoms. The van der Waals surface area contributed by atoms with Crippen LogP contribution in [0.25, 0.3) is 11.3 Å². The Morgan fingerprint density at radius 2 is 1.81 bits per heavy atom. The molecule has 2 unspecified atom stereocenters. The number of carbonyl (C=O) groups is 3. The minimum atomic E-state index is -1.16. The predicted octanol–water partition coefficient (Wildman–Crippen LogP) is 5.09. The molecule has 0 aliphatic carbocycles. The molecule has 318 valence electrons. The van der Waals surface area contributed by atoms with E-state index in [1.807, 2.05) is 77.2 Å². The smallest absolute Gasteiger partial charge is 0.410 e. The summed E-state index contributed by atoms with van der Waals surface area (Å²) in [4.78, 5) is 45.7. The lowest BCUT2D eigenvalue weighted by molar-refractivity contribution is -0.294. The highest BCUT2D eigenvalue weighted by molar-refractivity contribution is 6.00. The van der Waals surface area contributed by atoms with Crippen LogP contribution in [0.1, 0.15) is 93.4 Å². The van der Waals surface area contributed by atoms with Gasteiger partial charge in [-0.2, -0.15) is 0 Å². The molecule has 0 saturated carbocycles. The Hall–Kier alpha value is -3.63. The number of aliphatic hydroxyl groups is 1. The number of hydrogen-bond donors (Lipinski definition) is 2. The molecule has 0 bridgehead atoms. The number of nitrogens with two attached hydrogens (primary N) is 1. The van der Waals surface area contributed by atoms with E-state index < -0.39 is 65.7 Å². The molecular weight excluding hydrogens is 732 g/mol. The van der Waals surface area contributed by atoms with Crippen LogP contribution in [0.3, 0.4) is 0 Å². The second-order valence-corrected chi connectivity index (χ2v) is 17.2. The normalized spacial score (nSPS) is 35.8. The summed E-state index contributed by atoms with van der Waals surface area (Å²) in [7, 11) is 5.40. The van der Waals surface area contributed by atoms with Crippen LogP contribution in [-0.2, 0) is 39.8 Å². The standard InChI is InChI=1S/C42H66N6O9/c1-11-33-42(7)36(48(40(52)57-42)21-13-12-20-47-24-31(44-45-47)29-17-14-18-30(43)23-29)25(2)16-15-19-41(6,53-10)37(27(4)34(49)28(5)38(51)55-33)56-39-35(50)32(46(8)9)22-26(3)54-39/h14,17-18,23-28,32-33,35-37,39,50H,11-13,15-16,19-22,43H2,1-10H3/t25-,26+,27-,28+,32?,33+,35?,36+,37+,39-,41+,42+/m0/s1. The van der Waals surface area contributed by atoms with E-state index in [4.69, 9.17) is 29.4 Å². The fourth-order valence-electron chi connectivity index (χ4n) is 9.27. The van der Waals surface area contributed by atoms with Crippen LogP contribution >= 0.6 is 0 Å². The third-order valence-electron chi connectivity index (χ3n) is 12.7. The zero-order valence-corrected chi connectivity index (χ0v) is 35.6. The average molecular weight is 799 g/mol. The number of nitrogens with zero attached hydrogens (tertiary/aromatic N) is 5. The number of likely N-dealkylation sites (N-methyl/N-ethyl adjacent to an activating group) is 1. The van der Waals surface area contributed by atoms with Gasteiger partial charge in [0.1, 0.15) is 23.8 Å². The Morgan fingerprint density at radius 3 is 2.47 bits per heavy atom. The first-order chi connectivity index (χ1) is 26.9. The number of rotatable bonds is 11. The van der Waals surface area contributed by atoms with Crippen LogP contribution < -0.4 is 5.73 Å². The van der Waals surface area contributed by atoms with Gasteiger partial charge in [0.05, 0.1) is 30.0 Å². The molecule has 3 saturated heterocycles. The number of benzene rings is 1. The lowest BCUT2D eigenvalue weighted by atomic mass is 9.76. The topological polar surface area (TPSA) is 181 Å². The van der Waals surface area contributed by atoms with Crippen molar-refractivity contribution in [2.45, 2.75) is 154 Å². The van der Waals surface area contributed by atoms with Crippen LogP contribution in [0.4, 0.5) is 10.5 Å². The van der Waals surface area contributed by atoms with Crippen LogP contribution in [-0.4, -0.2) is 129 Å². The lowest BCUT2D eigenvalue weighted by Gasteiger charge is -2.46. The summed E-state index contributed by atoms with van der Waals surface area (Å²) in [5, 5.41) is 20.0. The number of hydrogen-bond acceptors (Lipinski definition) is 13. The zero-order valence-electron chi connectivity index (χ0n) is 35.6. The Bertz CT molecular complexity index is 1690. The number of Topliss-reactive ketones (excluding diaryl/α,β-unsaturated/α-hetero) is 1. The second kappa shape index (κ2) is 18.5. The summed E-state index contributed by atoms with van der Waals surface area (Å²) in [6.07, 6.45) is 1.79. The number of nitrogen functional groups attached to an aromatic ring is 1. The molecule has 0 spiro atoms. The predicted molar refractivity (Wildman–Crippen MR) is 214 cm³/mol. The summed E-state index contributed by atoms with van der Waals surface area (Å²) in [5.74, 6) is -3.13. The molecule has 4 heterocycles. The number of ether oxygens (including phenoxy) is 5. The van der Waals surface area contributed by atoms with Gasteiger partial charge in [0.25, 0.3) is 0 Å². The number of ketones is 1. The maximum absolute atomic E-state index is 14.2. The van der Waals surface area contributed by atoms with Gasteiger partial charge in [-0.15, -0.1) is 5.10 Å². The van der Waals surface area contributed by atoms with E-state index in [0.29, 0.717) is 57.3 Å². The van der Waals surface area contributed by atoms with Gasteiger partial charge in [-0.25, -0.2) is 4.79 Å². The molecule has 1 aromatic heterocycles. The number of esters is 1. The highest BCUT2D eigenvalue weighted by Crippen LogP contribution is 2.43. The summed E-state index contributed by atoms with van der Waals surface area (Å²) in [5.41, 5.74) is 6.06. The number of carbonyl (C=O) groups excluding carboxylic acids is 3.